The molecule has 1 aromatic carbocycles. The molecule has 0 bridgehead atoms. The Morgan fingerprint density at radius 3 is 2.61 bits per heavy atom. The zero-order valence-corrected chi connectivity index (χ0v) is 19.1. The Morgan fingerprint density at radius 1 is 1.15 bits per heavy atom. The Bertz CT molecular complexity index is 1100. The molecule has 0 spiro atoms. The van der Waals surface area contributed by atoms with Gasteiger partial charge in [0, 0.05) is 30.9 Å². The van der Waals surface area contributed by atoms with Crippen LogP contribution in [0, 0.1) is 0 Å². The van der Waals surface area contributed by atoms with E-state index >= 15 is 0 Å². The van der Waals surface area contributed by atoms with Crippen LogP contribution in [-0.4, -0.2) is 45.6 Å². The van der Waals surface area contributed by atoms with Crippen LogP contribution >= 0.6 is 0 Å². The molecule has 1 aliphatic heterocycles. The first-order valence-corrected chi connectivity index (χ1v) is 11.0. The predicted molar refractivity (Wildman–Crippen MR) is 122 cm³/mol. The molecule has 9 nitrogen and oxygen atoms in total. The second-order valence-electron chi connectivity index (χ2n) is 9.00. The minimum absolute atomic E-state index is 0.0384. The van der Waals surface area contributed by atoms with Gasteiger partial charge in [0.2, 0.25) is 0 Å². The molecule has 178 valence electrons. The van der Waals surface area contributed by atoms with Gasteiger partial charge in [0.25, 0.3) is 0 Å². The molecule has 9 heteroatoms. The number of nitrogens with one attached hydrogen (secondary N) is 1. The molecule has 2 heterocycles. The van der Waals surface area contributed by atoms with E-state index in [0.717, 1.165) is 24.8 Å². The van der Waals surface area contributed by atoms with Gasteiger partial charge in [0.1, 0.15) is 11.2 Å². The number of pyridine rings is 1. The van der Waals surface area contributed by atoms with Gasteiger partial charge in [-0.1, -0.05) is 0 Å². The average Bonchev–Trinajstić information content (AvgIpc) is 2.71. The molecule has 1 amide bonds. The lowest BCUT2D eigenvalue weighted by Gasteiger charge is -2.23. The van der Waals surface area contributed by atoms with Crippen molar-refractivity contribution in [3.63, 3.8) is 0 Å². The van der Waals surface area contributed by atoms with E-state index in [2.05, 4.69) is 5.32 Å². The van der Waals surface area contributed by atoms with Crippen molar-refractivity contribution in [2.24, 2.45) is 0 Å². The number of carbonyl (C=O) groups is 2. The van der Waals surface area contributed by atoms with Crippen LogP contribution in [0.1, 0.15) is 56.0 Å². The summed E-state index contributed by atoms with van der Waals surface area (Å²) in [5.74, 6) is -0.921. The molecular weight excluding hydrogens is 428 g/mol. The van der Waals surface area contributed by atoms with Crippen molar-refractivity contribution in [2.45, 2.75) is 58.6 Å². The number of unbranched alkanes of at least 4 members (excludes halogenated alkanes) is 2. The molecule has 33 heavy (non-hydrogen) atoms. The van der Waals surface area contributed by atoms with E-state index in [1.807, 2.05) is 20.8 Å². The van der Waals surface area contributed by atoms with Gasteiger partial charge in [-0.15, -0.1) is 0 Å². The number of phenols is 1. The monoisotopic (exact) mass is 458 g/mol. The Morgan fingerprint density at radius 2 is 1.91 bits per heavy atom. The largest absolute Gasteiger partial charge is 0.504 e. The van der Waals surface area contributed by atoms with Crippen LogP contribution < -0.4 is 15.5 Å². The summed E-state index contributed by atoms with van der Waals surface area (Å²) in [6.07, 6.45) is 3.91. The Kier molecular flexibility index (Phi) is 7.30. The SMILES string of the molecule is CC(C)(C)OC(=O)NCCCCCOc1cc2c(cc1O)-c1cc(=O)c(C(=O)O)cn1CC2. The number of fused-ring (bicyclic) bond motifs is 3. The number of carboxylic acids is 1. The number of hydrogen-bond donors (Lipinski definition) is 3. The summed E-state index contributed by atoms with van der Waals surface area (Å²) in [7, 11) is 0. The van der Waals surface area contributed by atoms with Crippen LogP contribution in [0.4, 0.5) is 4.79 Å². The first-order valence-electron chi connectivity index (χ1n) is 11.0. The summed E-state index contributed by atoms with van der Waals surface area (Å²) in [6, 6.07) is 4.63. The highest BCUT2D eigenvalue weighted by Gasteiger charge is 2.21. The van der Waals surface area contributed by atoms with Crippen molar-refractivity contribution in [2.75, 3.05) is 13.2 Å². The zero-order valence-electron chi connectivity index (χ0n) is 19.1. The smallest absolute Gasteiger partial charge is 0.407 e. The maximum atomic E-state index is 12.1. The molecule has 0 atom stereocenters. The minimum Gasteiger partial charge on any atom is -0.504 e. The van der Waals surface area contributed by atoms with Crippen LogP contribution in [0.3, 0.4) is 0 Å². The number of aromatic nitrogens is 1. The average molecular weight is 459 g/mol. The van der Waals surface area contributed by atoms with Gasteiger partial charge in [-0.25, -0.2) is 9.59 Å². The number of alkyl carbamates (subject to hydrolysis) is 1. The Hall–Kier alpha value is -3.49. The highest BCUT2D eigenvalue weighted by molar-refractivity contribution is 5.87. The Balaban J connectivity index is 1.53. The molecule has 3 N–H and O–H groups in total. The van der Waals surface area contributed by atoms with Crippen molar-refractivity contribution in [3.8, 4) is 22.8 Å². The normalized spacial score (nSPS) is 12.5. The maximum Gasteiger partial charge on any atom is 0.407 e. The number of carboxylic acid groups (broad SMARTS) is 1. The standard InChI is InChI=1S/C24H30N2O7/c1-24(2,3)33-23(31)25-8-5-4-6-10-32-21-11-15-7-9-26-14-17(22(29)30)19(27)13-18(26)16(15)12-20(21)28/h11-14,28H,4-10H2,1-3H3,(H,25,31)(H,29,30). The summed E-state index contributed by atoms with van der Waals surface area (Å²) in [4.78, 5) is 35.0. The molecule has 2 aromatic rings. The third-order valence-corrected chi connectivity index (χ3v) is 5.19. The van der Waals surface area contributed by atoms with Crippen LogP contribution in [0.15, 0.2) is 29.2 Å². The van der Waals surface area contributed by atoms with Gasteiger partial charge < -0.3 is 29.6 Å². The Labute approximate surface area is 192 Å². The van der Waals surface area contributed by atoms with Gasteiger partial charge >= 0.3 is 12.1 Å². The number of carbonyl (C=O) groups excluding carboxylic acids is 1. The molecule has 0 saturated carbocycles. The number of aromatic hydroxyl groups is 1. The number of nitrogens with zero attached hydrogens (tertiary/aromatic N) is 1. The summed E-state index contributed by atoms with van der Waals surface area (Å²) in [5.41, 5.74) is 0.829. The molecule has 0 fully saturated rings. The van der Waals surface area contributed by atoms with Gasteiger partial charge in [-0.05, 0) is 64.2 Å². The van der Waals surface area contributed by atoms with E-state index in [1.165, 1.54) is 12.3 Å². The lowest BCUT2D eigenvalue weighted by molar-refractivity contribution is 0.0526. The number of aromatic carboxylic acids is 1. The van der Waals surface area contributed by atoms with Crippen molar-refractivity contribution in [3.05, 3.63) is 45.7 Å². The first-order chi connectivity index (χ1) is 15.5. The first kappa shape index (κ1) is 24.2. The highest BCUT2D eigenvalue weighted by Crippen LogP contribution is 2.37. The summed E-state index contributed by atoms with van der Waals surface area (Å²) < 4.78 is 12.7. The second-order valence-corrected chi connectivity index (χ2v) is 9.00. The van der Waals surface area contributed by atoms with Crippen molar-refractivity contribution in [1.82, 2.24) is 9.88 Å². The van der Waals surface area contributed by atoms with E-state index < -0.39 is 23.1 Å². The van der Waals surface area contributed by atoms with Crippen molar-refractivity contribution in [1.29, 1.82) is 0 Å². The molecule has 0 radical (unpaired) electrons. The molecular formula is C24H30N2O7. The fourth-order valence-electron chi connectivity index (χ4n) is 3.65. The quantitative estimate of drug-likeness (QED) is 0.516. The number of aryl methyl sites for hydroxylation is 2. The summed E-state index contributed by atoms with van der Waals surface area (Å²) in [6.45, 7) is 6.89. The zero-order chi connectivity index (χ0) is 24.2. The fraction of sp³-hybridized carbons (Fsp3) is 0.458. The molecule has 1 aliphatic rings. The van der Waals surface area contributed by atoms with E-state index in [1.54, 1.807) is 16.7 Å². The van der Waals surface area contributed by atoms with Gasteiger partial charge in [0.15, 0.2) is 16.9 Å². The second kappa shape index (κ2) is 9.97. The third kappa shape index (κ3) is 6.27. The third-order valence-electron chi connectivity index (χ3n) is 5.19. The highest BCUT2D eigenvalue weighted by atomic mass is 16.6. The number of phenolic OH excluding ortho intramolecular Hbond substituents is 1. The van der Waals surface area contributed by atoms with E-state index in [-0.39, 0.29) is 11.3 Å². The number of amides is 1. The van der Waals surface area contributed by atoms with Crippen molar-refractivity contribution >= 4 is 12.1 Å². The van der Waals surface area contributed by atoms with Crippen LogP contribution in [0.2, 0.25) is 0 Å². The van der Waals surface area contributed by atoms with Crippen LogP contribution in [0.25, 0.3) is 11.3 Å². The van der Waals surface area contributed by atoms with E-state index in [0.29, 0.717) is 43.1 Å². The summed E-state index contributed by atoms with van der Waals surface area (Å²) >= 11 is 0. The van der Waals surface area contributed by atoms with Gasteiger partial charge in [-0.2, -0.15) is 0 Å². The number of ether oxygens (including phenoxy) is 2. The van der Waals surface area contributed by atoms with Crippen LogP contribution in [0.5, 0.6) is 11.5 Å². The van der Waals surface area contributed by atoms with E-state index in [4.69, 9.17) is 14.6 Å². The molecule has 3 rings (SSSR count). The van der Waals surface area contributed by atoms with Crippen LogP contribution in [-0.2, 0) is 17.7 Å². The van der Waals surface area contributed by atoms with Gasteiger partial charge in [-0.3, -0.25) is 4.79 Å². The lowest BCUT2D eigenvalue weighted by Crippen LogP contribution is -2.33. The molecule has 0 saturated heterocycles. The lowest BCUT2D eigenvalue weighted by atomic mass is 9.96. The number of hydrogen-bond acceptors (Lipinski definition) is 6. The topological polar surface area (TPSA) is 127 Å². The van der Waals surface area contributed by atoms with Gasteiger partial charge in [0.05, 0.1) is 12.3 Å². The summed E-state index contributed by atoms with van der Waals surface area (Å²) in [5, 5.41) is 22.3. The van der Waals surface area contributed by atoms with E-state index in [9.17, 15) is 19.5 Å². The molecule has 0 unspecified atom stereocenters. The number of benzene rings is 1. The molecule has 1 aromatic heterocycles. The number of rotatable bonds is 8. The fourth-order valence-corrected chi connectivity index (χ4v) is 3.65. The predicted octanol–water partition coefficient (Wildman–Crippen LogP) is 3.55. The minimum atomic E-state index is -1.26. The van der Waals surface area contributed by atoms with Crippen molar-refractivity contribution < 1.29 is 29.3 Å². The molecule has 0 aliphatic carbocycles. The maximum absolute atomic E-state index is 12.1.